The number of rotatable bonds is 7. The second kappa shape index (κ2) is 10.6. The normalized spacial score (nSPS) is 16.3. The second-order valence-corrected chi connectivity index (χ2v) is 10.5. The van der Waals surface area contributed by atoms with Gasteiger partial charge in [-0.15, -0.1) is 0 Å². The SMILES string of the molecule is CC(C)N(C)CCn1cc(-c2ccc(F)c(C(F)(F)F)c2)nc1C1CCN(c2ncnc3c2CC(=O)N3)CC1. The zero-order chi connectivity index (χ0) is 27.9. The Kier molecular flexibility index (Phi) is 7.32. The Morgan fingerprint density at radius 3 is 2.62 bits per heavy atom. The quantitative estimate of drug-likeness (QED) is 0.433. The molecule has 0 saturated carbocycles. The van der Waals surface area contributed by atoms with E-state index in [1.807, 2.05) is 11.6 Å². The first kappa shape index (κ1) is 27.0. The zero-order valence-electron chi connectivity index (χ0n) is 22.1. The van der Waals surface area contributed by atoms with Crippen LogP contribution in [0.2, 0.25) is 0 Å². The maximum absolute atomic E-state index is 13.9. The van der Waals surface area contributed by atoms with Crippen molar-refractivity contribution < 1.29 is 22.4 Å². The van der Waals surface area contributed by atoms with E-state index in [-0.39, 0.29) is 23.8 Å². The van der Waals surface area contributed by atoms with Crippen LogP contribution in [0.1, 0.15) is 49.6 Å². The highest BCUT2D eigenvalue weighted by molar-refractivity contribution is 5.99. The van der Waals surface area contributed by atoms with Gasteiger partial charge in [0.05, 0.1) is 17.7 Å². The molecule has 0 radical (unpaired) electrons. The molecule has 2 aliphatic heterocycles. The van der Waals surface area contributed by atoms with Gasteiger partial charge in [0.2, 0.25) is 5.91 Å². The van der Waals surface area contributed by atoms with E-state index in [1.165, 1.54) is 12.4 Å². The van der Waals surface area contributed by atoms with Gasteiger partial charge in [-0.05, 0) is 51.9 Å². The van der Waals surface area contributed by atoms with Crippen LogP contribution >= 0.6 is 0 Å². The first-order valence-electron chi connectivity index (χ1n) is 13.0. The number of hydrogen-bond donors (Lipinski definition) is 1. The van der Waals surface area contributed by atoms with Crippen molar-refractivity contribution in [2.45, 2.75) is 57.8 Å². The van der Waals surface area contributed by atoms with Gasteiger partial charge in [0.25, 0.3) is 0 Å². The Balaban J connectivity index is 1.40. The number of nitrogens with zero attached hydrogens (tertiary/aromatic N) is 6. The Hall–Kier alpha value is -3.54. The van der Waals surface area contributed by atoms with Gasteiger partial charge in [0.15, 0.2) is 0 Å². The van der Waals surface area contributed by atoms with Gasteiger partial charge in [-0.1, -0.05) is 0 Å². The van der Waals surface area contributed by atoms with Crippen LogP contribution in [0.3, 0.4) is 0 Å². The van der Waals surface area contributed by atoms with Crippen molar-refractivity contribution in [3.8, 4) is 11.3 Å². The van der Waals surface area contributed by atoms with Crippen LogP contribution in [0.4, 0.5) is 29.2 Å². The number of carbonyl (C=O) groups excluding carboxylic acids is 1. The average molecular weight is 546 g/mol. The second-order valence-electron chi connectivity index (χ2n) is 10.5. The Labute approximate surface area is 224 Å². The number of imidazole rings is 1. The molecule has 3 aromatic rings. The number of aromatic nitrogens is 4. The average Bonchev–Trinajstić information content (AvgIpc) is 3.49. The van der Waals surface area contributed by atoms with E-state index in [0.717, 1.165) is 48.7 Å². The van der Waals surface area contributed by atoms with Crippen LogP contribution in [0.25, 0.3) is 11.3 Å². The third-order valence-electron chi connectivity index (χ3n) is 7.63. The van der Waals surface area contributed by atoms with Crippen LogP contribution in [-0.2, 0) is 23.9 Å². The summed E-state index contributed by atoms with van der Waals surface area (Å²) in [6.45, 7) is 6.93. The number of fused-ring (bicyclic) bond motifs is 1. The monoisotopic (exact) mass is 545 g/mol. The summed E-state index contributed by atoms with van der Waals surface area (Å²) in [6.07, 6.45) is 0.202. The van der Waals surface area contributed by atoms with Gasteiger partial charge >= 0.3 is 6.18 Å². The Morgan fingerprint density at radius 2 is 1.92 bits per heavy atom. The summed E-state index contributed by atoms with van der Waals surface area (Å²) in [5.74, 6) is 0.799. The molecule has 0 spiro atoms. The van der Waals surface area contributed by atoms with Crippen LogP contribution < -0.4 is 10.2 Å². The van der Waals surface area contributed by atoms with E-state index in [1.54, 1.807) is 6.20 Å². The number of benzene rings is 1. The molecule has 208 valence electrons. The summed E-state index contributed by atoms with van der Waals surface area (Å²) in [7, 11) is 2.02. The molecule has 1 amide bonds. The predicted octanol–water partition coefficient (Wildman–Crippen LogP) is 4.72. The van der Waals surface area contributed by atoms with Crippen LogP contribution in [0.15, 0.2) is 30.7 Å². The van der Waals surface area contributed by atoms with Gasteiger partial charge in [-0.3, -0.25) is 4.79 Å². The third-order valence-corrected chi connectivity index (χ3v) is 7.63. The highest BCUT2D eigenvalue weighted by Crippen LogP contribution is 2.37. The van der Waals surface area contributed by atoms with Gasteiger partial charge in [0.1, 0.15) is 29.6 Å². The molecule has 1 fully saturated rings. The number of carbonyl (C=O) groups is 1. The highest BCUT2D eigenvalue weighted by Gasteiger charge is 2.35. The van der Waals surface area contributed by atoms with E-state index in [9.17, 15) is 22.4 Å². The number of likely N-dealkylation sites (N-methyl/N-ethyl adjacent to an activating group) is 1. The van der Waals surface area contributed by atoms with Crippen molar-refractivity contribution in [1.29, 1.82) is 0 Å². The summed E-state index contributed by atoms with van der Waals surface area (Å²) < 4.78 is 56.1. The minimum atomic E-state index is -4.79. The number of nitrogens with one attached hydrogen (secondary N) is 1. The van der Waals surface area contributed by atoms with Gasteiger partial charge in [-0.25, -0.2) is 19.3 Å². The van der Waals surface area contributed by atoms with E-state index in [0.29, 0.717) is 37.2 Å². The lowest BCUT2D eigenvalue weighted by Crippen LogP contribution is -2.35. The fourth-order valence-electron chi connectivity index (χ4n) is 5.13. The molecular weight excluding hydrogens is 514 g/mol. The maximum Gasteiger partial charge on any atom is 0.419 e. The number of hydrogen-bond acceptors (Lipinski definition) is 6. The van der Waals surface area contributed by atoms with Crippen molar-refractivity contribution in [3.05, 3.63) is 53.5 Å². The molecule has 8 nitrogen and oxygen atoms in total. The molecule has 39 heavy (non-hydrogen) atoms. The zero-order valence-corrected chi connectivity index (χ0v) is 22.1. The lowest BCUT2D eigenvalue weighted by molar-refractivity contribution is -0.140. The molecule has 0 unspecified atom stereocenters. The number of anilines is 2. The summed E-state index contributed by atoms with van der Waals surface area (Å²) in [4.78, 5) is 29.6. The molecule has 1 N–H and O–H groups in total. The Morgan fingerprint density at radius 1 is 1.18 bits per heavy atom. The smallest absolute Gasteiger partial charge is 0.356 e. The van der Waals surface area contributed by atoms with Crippen LogP contribution in [0.5, 0.6) is 0 Å². The minimum absolute atomic E-state index is 0.0801. The molecule has 2 aromatic heterocycles. The molecule has 0 atom stereocenters. The molecule has 0 aliphatic carbocycles. The highest BCUT2D eigenvalue weighted by atomic mass is 19.4. The lowest BCUT2D eigenvalue weighted by Gasteiger charge is -2.33. The third kappa shape index (κ3) is 5.61. The van der Waals surface area contributed by atoms with Crippen molar-refractivity contribution in [2.75, 3.05) is 36.9 Å². The van der Waals surface area contributed by atoms with Crippen molar-refractivity contribution in [2.24, 2.45) is 0 Å². The first-order valence-corrected chi connectivity index (χ1v) is 13.0. The fourth-order valence-corrected chi connectivity index (χ4v) is 5.13. The predicted molar refractivity (Wildman–Crippen MR) is 139 cm³/mol. The molecule has 5 rings (SSSR count). The van der Waals surface area contributed by atoms with Crippen LogP contribution in [0, 0.1) is 5.82 Å². The molecule has 4 heterocycles. The van der Waals surface area contributed by atoms with Gasteiger partial charge in [-0.2, -0.15) is 13.2 Å². The van der Waals surface area contributed by atoms with Crippen molar-refractivity contribution >= 4 is 17.5 Å². The molecule has 1 aromatic carbocycles. The maximum atomic E-state index is 13.9. The summed E-state index contributed by atoms with van der Waals surface area (Å²) in [6, 6.07) is 3.36. The van der Waals surface area contributed by atoms with Crippen molar-refractivity contribution in [3.63, 3.8) is 0 Å². The van der Waals surface area contributed by atoms with E-state index in [4.69, 9.17) is 4.98 Å². The summed E-state index contributed by atoms with van der Waals surface area (Å²) in [5, 5.41) is 2.76. The number of amides is 1. The van der Waals surface area contributed by atoms with Gasteiger partial charge in [0, 0.05) is 55.5 Å². The molecule has 12 heteroatoms. The fraction of sp³-hybridized carbons (Fsp3) is 0.481. The number of halogens is 4. The lowest BCUT2D eigenvalue weighted by atomic mass is 9.95. The van der Waals surface area contributed by atoms with Crippen LogP contribution in [-0.4, -0.2) is 63.0 Å². The van der Waals surface area contributed by atoms with E-state index in [2.05, 4.69) is 38.9 Å². The van der Waals surface area contributed by atoms with Gasteiger partial charge < -0.3 is 19.7 Å². The molecule has 2 aliphatic rings. The largest absolute Gasteiger partial charge is 0.419 e. The first-order chi connectivity index (χ1) is 18.5. The molecule has 1 saturated heterocycles. The molecule has 0 bridgehead atoms. The van der Waals surface area contributed by atoms with E-state index < -0.39 is 17.6 Å². The topological polar surface area (TPSA) is 79.2 Å². The summed E-state index contributed by atoms with van der Waals surface area (Å²) in [5.41, 5.74) is 0.128. The Bertz CT molecular complexity index is 1360. The number of alkyl halides is 3. The van der Waals surface area contributed by atoms with Crippen molar-refractivity contribution in [1.82, 2.24) is 24.4 Å². The van der Waals surface area contributed by atoms with E-state index >= 15 is 0 Å². The molecular formula is C27H31F4N7O. The summed E-state index contributed by atoms with van der Waals surface area (Å²) >= 11 is 0. The standard InChI is InChI=1S/C27H31F4N7O/c1-16(2)36(3)10-11-38-14-22(18-4-5-21(28)20(12-18)27(29,30)31)34-25(38)17-6-8-37(9-7-17)26-19-13-23(39)35-24(19)32-15-33-26/h4-5,12,14-17H,6-11,13H2,1-3H3,(H,32,33,35,39). The number of piperidine rings is 1. The minimum Gasteiger partial charge on any atom is -0.356 e.